The van der Waals surface area contributed by atoms with E-state index < -0.39 is 6.10 Å². The van der Waals surface area contributed by atoms with Crippen LogP contribution in [-0.2, 0) is 0 Å². The minimum Gasteiger partial charge on any atom is -0.387 e. The lowest BCUT2D eigenvalue weighted by molar-refractivity contribution is 0.106. The van der Waals surface area contributed by atoms with Crippen LogP contribution in [0.3, 0.4) is 0 Å². The van der Waals surface area contributed by atoms with Crippen molar-refractivity contribution in [2.75, 3.05) is 6.54 Å². The Bertz CT molecular complexity index is 358. The van der Waals surface area contributed by atoms with Crippen molar-refractivity contribution in [3.63, 3.8) is 0 Å². The van der Waals surface area contributed by atoms with Gasteiger partial charge in [0.25, 0.3) is 0 Å². The van der Waals surface area contributed by atoms with E-state index in [0.717, 1.165) is 18.5 Å². The number of aliphatic hydroxyl groups is 1. The molecule has 3 unspecified atom stereocenters. The number of hydrogen-bond donors (Lipinski definition) is 2. The maximum atomic E-state index is 10.5. The van der Waals surface area contributed by atoms with Gasteiger partial charge >= 0.3 is 0 Å². The van der Waals surface area contributed by atoms with Crippen molar-refractivity contribution in [3.05, 3.63) is 35.4 Å². The molecule has 2 N–H and O–H groups in total. The van der Waals surface area contributed by atoms with Crippen LogP contribution in [0, 0.1) is 5.92 Å². The zero-order chi connectivity index (χ0) is 14.4. The van der Waals surface area contributed by atoms with Crippen molar-refractivity contribution >= 4 is 0 Å². The Labute approximate surface area is 118 Å². The van der Waals surface area contributed by atoms with Crippen molar-refractivity contribution in [1.82, 2.24) is 5.32 Å². The smallest absolute Gasteiger partial charge is 0.0945 e. The van der Waals surface area contributed by atoms with E-state index in [1.807, 2.05) is 0 Å². The van der Waals surface area contributed by atoms with Gasteiger partial charge < -0.3 is 10.4 Å². The molecule has 0 amide bonds. The molecule has 1 aromatic carbocycles. The average molecular weight is 263 g/mol. The van der Waals surface area contributed by atoms with E-state index in [0.29, 0.717) is 11.8 Å². The standard InChI is InChI=1S/C17H29NO/c1-6-13(5)14-8-10-15(11-9-14)17(19)16(12(3)4)18-7-2/h8-13,16-19H,6-7H2,1-5H3. The third-order valence-electron chi connectivity index (χ3n) is 3.96. The molecule has 0 radical (unpaired) electrons. The maximum Gasteiger partial charge on any atom is 0.0945 e. The van der Waals surface area contributed by atoms with Gasteiger partial charge in [-0.25, -0.2) is 0 Å². The lowest BCUT2D eigenvalue weighted by Gasteiger charge is -2.27. The van der Waals surface area contributed by atoms with E-state index in [1.165, 1.54) is 5.56 Å². The summed E-state index contributed by atoms with van der Waals surface area (Å²) in [4.78, 5) is 0. The molecule has 3 atom stereocenters. The van der Waals surface area contributed by atoms with Gasteiger partial charge in [0.05, 0.1) is 6.10 Å². The summed E-state index contributed by atoms with van der Waals surface area (Å²) in [7, 11) is 0. The van der Waals surface area contributed by atoms with Gasteiger partial charge in [0.1, 0.15) is 0 Å². The van der Waals surface area contributed by atoms with Gasteiger partial charge in [0.15, 0.2) is 0 Å². The Morgan fingerprint density at radius 1 is 1.00 bits per heavy atom. The molecule has 0 aliphatic carbocycles. The number of likely N-dealkylation sites (N-methyl/N-ethyl adjacent to an activating group) is 1. The molecule has 0 fully saturated rings. The fraction of sp³-hybridized carbons (Fsp3) is 0.647. The average Bonchev–Trinajstić information content (AvgIpc) is 2.43. The van der Waals surface area contributed by atoms with E-state index in [-0.39, 0.29) is 6.04 Å². The monoisotopic (exact) mass is 263 g/mol. The van der Waals surface area contributed by atoms with E-state index in [1.54, 1.807) is 0 Å². The molecule has 0 saturated carbocycles. The van der Waals surface area contributed by atoms with Crippen LogP contribution in [-0.4, -0.2) is 17.7 Å². The molecule has 0 aromatic heterocycles. The Balaban J connectivity index is 2.84. The molecule has 0 aliphatic rings. The first kappa shape index (κ1) is 16.2. The van der Waals surface area contributed by atoms with Gasteiger partial charge in [-0.15, -0.1) is 0 Å². The SMILES string of the molecule is CCNC(C(C)C)C(O)c1ccc(C(C)CC)cc1. The molecule has 1 aromatic rings. The molecule has 2 nitrogen and oxygen atoms in total. The summed E-state index contributed by atoms with van der Waals surface area (Å²) in [6.07, 6.45) is 0.708. The number of hydrogen-bond acceptors (Lipinski definition) is 2. The van der Waals surface area contributed by atoms with E-state index in [9.17, 15) is 5.11 Å². The molecule has 0 aliphatic heterocycles. The van der Waals surface area contributed by atoms with Gasteiger partial charge in [-0.1, -0.05) is 58.9 Å². The number of aliphatic hydroxyl groups excluding tert-OH is 1. The summed E-state index contributed by atoms with van der Waals surface area (Å²) >= 11 is 0. The quantitative estimate of drug-likeness (QED) is 0.782. The molecular weight excluding hydrogens is 234 g/mol. The summed E-state index contributed by atoms with van der Waals surface area (Å²) < 4.78 is 0. The van der Waals surface area contributed by atoms with Crippen LogP contribution >= 0.6 is 0 Å². The van der Waals surface area contributed by atoms with E-state index in [2.05, 4.69) is 64.2 Å². The highest BCUT2D eigenvalue weighted by Crippen LogP contribution is 2.25. The lowest BCUT2D eigenvalue weighted by Crippen LogP contribution is -2.39. The molecule has 0 saturated heterocycles. The zero-order valence-corrected chi connectivity index (χ0v) is 13.0. The largest absolute Gasteiger partial charge is 0.387 e. The Hall–Kier alpha value is -0.860. The predicted octanol–water partition coefficient (Wildman–Crippen LogP) is 3.87. The number of rotatable bonds is 7. The lowest BCUT2D eigenvalue weighted by atomic mass is 9.91. The van der Waals surface area contributed by atoms with Crippen molar-refractivity contribution in [2.24, 2.45) is 5.92 Å². The molecule has 19 heavy (non-hydrogen) atoms. The first-order valence-corrected chi connectivity index (χ1v) is 7.52. The molecule has 1 rings (SSSR count). The number of nitrogens with one attached hydrogen (secondary N) is 1. The molecule has 2 heteroatoms. The van der Waals surface area contributed by atoms with Crippen LogP contribution < -0.4 is 5.32 Å². The van der Waals surface area contributed by atoms with Crippen molar-refractivity contribution < 1.29 is 5.11 Å². The van der Waals surface area contributed by atoms with Gasteiger partial charge in [0, 0.05) is 6.04 Å². The highest BCUT2D eigenvalue weighted by molar-refractivity contribution is 5.27. The molecule has 0 bridgehead atoms. The van der Waals surface area contributed by atoms with Gasteiger partial charge in [-0.3, -0.25) is 0 Å². The van der Waals surface area contributed by atoms with Crippen molar-refractivity contribution in [3.8, 4) is 0 Å². The second kappa shape index (κ2) is 7.66. The van der Waals surface area contributed by atoms with Crippen LogP contribution in [0.1, 0.15) is 64.2 Å². The van der Waals surface area contributed by atoms with E-state index in [4.69, 9.17) is 0 Å². The Morgan fingerprint density at radius 2 is 1.53 bits per heavy atom. The normalized spacial score (nSPS) is 16.4. The Kier molecular flexibility index (Phi) is 6.53. The van der Waals surface area contributed by atoms with Crippen LogP contribution in [0.4, 0.5) is 0 Å². The molecular formula is C17H29NO. The summed E-state index contributed by atoms with van der Waals surface area (Å²) in [6.45, 7) is 11.7. The third kappa shape index (κ3) is 4.32. The van der Waals surface area contributed by atoms with Gasteiger partial charge in [0.2, 0.25) is 0 Å². The summed E-state index contributed by atoms with van der Waals surface area (Å²) in [5.41, 5.74) is 2.36. The van der Waals surface area contributed by atoms with E-state index >= 15 is 0 Å². The van der Waals surface area contributed by atoms with Crippen LogP contribution in [0.2, 0.25) is 0 Å². The second-order valence-electron chi connectivity index (χ2n) is 5.75. The highest BCUT2D eigenvalue weighted by Gasteiger charge is 2.23. The van der Waals surface area contributed by atoms with Crippen LogP contribution in [0.15, 0.2) is 24.3 Å². The second-order valence-corrected chi connectivity index (χ2v) is 5.75. The Morgan fingerprint density at radius 3 is 1.95 bits per heavy atom. The molecule has 0 heterocycles. The van der Waals surface area contributed by atoms with Crippen LogP contribution in [0.25, 0.3) is 0 Å². The summed E-state index contributed by atoms with van der Waals surface area (Å²) in [5.74, 6) is 0.991. The highest BCUT2D eigenvalue weighted by atomic mass is 16.3. The summed E-state index contributed by atoms with van der Waals surface area (Å²) in [6, 6.07) is 8.54. The van der Waals surface area contributed by atoms with Crippen molar-refractivity contribution in [2.45, 2.75) is 59.1 Å². The topological polar surface area (TPSA) is 32.3 Å². The third-order valence-corrected chi connectivity index (χ3v) is 3.96. The first-order chi connectivity index (χ1) is 9.01. The number of benzene rings is 1. The maximum absolute atomic E-state index is 10.5. The minimum atomic E-state index is -0.439. The minimum absolute atomic E-state index is 0.111. The van der Waals surface area contributed by atoms with Gasteiger partial charge in [-0.2, -0.15) is 0 Å². The van der Waals surface area contributed by atoms with Crippen LogP contribution in [0.5, 0.6) is 0 Å². The first-order valence-electron chi connectivity index (χ1n) is 7.52. The van der Waals surface area contributed by atoms with Crippen molar-refractivity contribution in [1.29, 1.82) is 0 Å². The predicted molar refractivity (Wildman–Crippen MR) is 82.4 cm³/mol. The summed E-state index contributed by atoms with van der Waals surface area (Å²) in [5, 5.41) is 13.9. The fourth-order valence-corrected chi connectivity index (χ4v) is 2.41. The van der Waals surface area contributed by atoms with Gasteiger partial charge in [-0.05, 0) is 35.9 Å². The molecule has 108 valence electrons. The fourth-order valence-electron chi connectivity index (χ4n) is 2.41. The molecule has 0 spiro atoms. The zero-order valence-electron chi connectivity index (χ0n) is 13.0.